The van der Waals surface area contributed by atoms with Crippen molar-refractivity contribution in [2.75, 3.05) is 14.2 Å². The molecule has 0 radical (unpaired) electrons. The Morgan fingerprint density at radius 1 is 0.917 bits per heavy atom. The average Bonchev–Trinajstić information content (AvgIpc) is 3.51. The largest absolute Gasteiger partial charge is 0.497 e. The highest BCUT2D eigenvalue weighted by Crippen LogP contribution is 2.27. The summed E-state index contributed by atoms with van der Waals surface area (Å²) in [5.41, 5.74) is 4.57. The van der Waals surface area contributed by atoms with Gasteiger partial charge in [-0.25, -0.2) is 5.10 Å². The molecule has 0 aliphatic heterocycles. The SMILES string of the molecule is COc1ccc(/C=N/n2c(-c3cc(-c4ccc(OC)cc4)nn3Cc3ccccc3)n[nH]c2=S)cc1. The first-order valence-electron chi connectivity index (χ1n) is 11.3. The van der Waals surface area contributed by atoms with E-state index < -0.39 is 0 Å². The number of ether oxygens (including phenoxy) is 2. The fourth-order valence-electron chi connectivity index (χ4n) is 3.76. The summed E-state index contributed by atoms with van der Waals surface area (Å²) < 4.78 is 14.4. The summed E-state index contributed by atoms with van der Waals surface area (Å²) in [4.78, 5) is 0. The number of aromatic amines is 1. The van der Waals surface area contributed by atoms with Gasteiger partial charge in [-0.15, -0.1) is 0 Å². The van der Waals surface area contributed by atoms with E-state index in [2.05, 4.69) is 27.4 Å². The normalized spacial score (nSPS) is 11.2. The Morgan fingerprint density at radius 2 is 1.58 bits per heavy atom. The third-order valence-corrected chi connectivity index (χ3v) is 5.92. The molecule has 0 aliphatic rings. The monoisotopic (exact) mass is 496 g/mol. The zero-order valence-corrected chi connectivity index (χ0v) is 20.6. The Labute approximate surface area is 213 Å². The van der Waals surface area contributed by atoms with Gasteiger partial charge in [0.15, 0.2) is 0 Å². The minimum Gasteiger partial charge on any atom is -0.497 e. The highest BCUT2D eigenvalue weighted by atomic mass is 32.1. The molecule has 180 valence electrons. The second kappa shape index (κ2) is 10.4. The quantitative estimate of drug-likeness (QED) is 0.229. The van der Waals surface area contributed by atoms with Gasteiger partial charge in [-0.2, -0.15) is 20.0 Å². The smallest absolute Gasteiger partial charge is 0.216 e. The molecule has 2 heterocycles. The fourth-order valence-corrected chi connectivity index (χ4v) is 3.93. The van der Waals surface area contributed by atoms with E-state index in [9.17, 15) is 0 Å². The third-order valence-electron chi connectivity index (χ3n) is 5.66. The van der Waals surface area contributed by atoms with Gasteiger partial charge >= 0.3 is 0 Å². The van der Waals surface area contributed by atoms with Gasteiger partial charge in [0.25, 0.3) is 0 Å². The number of benzene rings is 3. The highest BCUT2D eigenvalue weighted by molar-refractivity contribution is 7.71. The molecule has 2 aromatic heterocycles. The van der Waals surface area contributed by atoms with Crippen LogP contribution >= 0.6 is 12.2 Å². The third kappa shape index (κ3) is 4.96. The van der Waals surface area contributed by atoms with Crippen molar-refractivity contribution in [3.8, 4) is 34.3 Å². The van der Waals surface area contributed by atoms with Crippen molar-refractivity contribution < 1.29 is 9.47 Å². The topological polar surface area (TPSA) is 82.2 Å². The van der Waals surface area contributed by atoms with E-state index in [4.69, 9.17) is 26.8 Å². The molecule has 0 saturated heterocycles. The summed E-state index contributed by atoms with van der Waals surface area (Å²) in [6, 6.07) is 27.6. The molecule has 0 aliphatic carbocycles. The summed E-state index contributed by atoms with van der Waals surface area (Å²) >= 11 is 5.50. The minimum absolute atomic E-state index is 0.383. The Bertz CT molecular complexity index is 1530. The van der Waals surface area contributed by atoms with Gasteiger partial charge in [-0.05, 0) is 77.9 Å². The van der Waals surface area contributed by atoms with Gasteiger partial charge in [0.05, 0.1) is 32.7 Å². The Hall–Kier alpha value is -4.50. The second-order valence-corrected chi connectivity index (χ2v) is 8.36. The first-order chi connectivity index (χ1) is 17.6. The maximum absolute atomic E-state index is 5.50. The molecule has 0 amide bonds. The number of rotatable bonds is 8. The van der Waals surface area contributed by atoms with Crippen molar-refractivity contribution in [1.82, 2.24) is 24.7 Å². The lowest BCUT2D eigenvalue weighted by Crippen LogP contribution is -2.06. The Kier molecular flexibility index (Phi) is 6.72. The summed E-state index contributed by atoms with van der Waals surface area (Å²) in [7, 11) is 3.29. The van der Waals surface area contributed by atoms with Crippen molar-refractivity contribution in [2.24, 2.45) is 5.10 Å². The molecule has 1 N–H and O–H groups in total. The first kappa shape index (κ1) is 23.3. The van der Waals surface area contributed by atoms with Crippen LogP contribution in [-0.2, 0) is 6.54 Å². The molecule has 0 unspecified atom stereocenters. The summed E-state index contributed by atoms with van der Waals surface area (Å²) in [6.07, 6.45) is 1.73. The molecular formula is C27H24N6O2S. The Balaban J connectivity index is 1.56. The van der Waals surface area contributed by atoms with Gasteiger partial charge in [0, 0.05) is 5.56 Å². The number of aromatic nitrogens is 5. The van der Waals surface area contributed by atoms with Crippen LogP contribution in [0.25, 0.3) is 22.8 Å². The van der Waals surface area contributed by atoms with Crippen molar-refractivity contribution in [2.45, 2.75) is 6.54 Å². The van der Waals surface area contributed by atoms with E-state index in [1.165, 1.54) is 0 Å². The van der Waals surface area contributed by atoms with Crippen LogP contribution in [0.2, 0.25) is 0 Å². The zero-order chi connectivity index (χ0) is 24.9. The lowest BCUT2D eigenvalue weighted by atomic mass is 10.1. The van der Waals surface area contributed by atoms with Crippen molar-refractivity contribution >= 4 is 18.4 Å². The maximum Gasteiger partial charge on any atom is 0.216 e. The number of hydrogen-bond donors (Lipinski definition) is 1. The first-order valence-corrected chi connectivity index (χ1v) is 11.7. The number of hydrogen-bond acceptors (Lipinski definition) is 6. The van der Waals surface area contributed by atoms with Gasteiger partial charge in [-0.1, -0.05) is 30.3 Å². The average molecular weight is 497 g/mol. The minimum atomic E-state index is 0.383. The molecule has 5 rings (SSSR count). The number of methoxy groups -OCH3 is 2. The molecule has 36 heavy (non-hydrogen) atoms. The van der Waals surface area contributed by atoms with Gasteiger partial charge < -0.3 is 9.47 Å². The lowest BCUT2D eigenvalue weighted by Gasteiger charge is -2.07. The molecule has 5 aromatic rings. The zero-order valence-electron chi connectivity index (χ0n) is 19.8. The van der Waals surface area contributed by atoms with Crippen LogP contribution in [0.4, 0.5) is 0 Å². The van der Waals surface area contributed by atoms with E-state index in [0.717, 1.165) is 39.6 Å². The summed E-state index contributed by atoms with van der Waals surface area (Å²) in [6.45, 7) is 0.564. The van der Waals surface area contributed by atoms with Crippen molar-refractivity contribution in [3.05, 3.63) is 101 Å². The van der Waals surface area contributed by atoms with E-state index in [1.54, 1.807) is 25.1 Å². The molecule has 0 spiro atoms. The van der Waals surface area contributed by atoms with Crippen LogP contribution < -0.4 is 9.47 Å². The number of nitrogens with zero attached hydrogens (tertiary/aromatic N) is 5. The van der Waals surface area contributed by atoms with Crippen molar-refractivity contribution in [1.29, 1.82) is 0 Å². The predicted molar refractivity (Wildman–Crippen MR) is 142 cm³/mol. The molecule has 8 nitrogen and oxygen atoms in total. The maximum atomic E-state index is 5.50. The van der Waals surface area contributed by atoms with Gasteiger partial charge in [0.1, 0.15) is 17.2 Å². The predicted octanol–water partition coefficient (Wildman–Crippen LogP) is 5.42. The van der Waals surface area contributed by atoms with Crippen LogP contribution in [0.5, 0.6) is 11.5 Å². The van der Waals surface area contributed by atoms with E-state index in [-0.39, 0.29) is 0 Å². The van der Waals surface area contributed by atoms with Crippen molar-refractivity contribution in [3.63, 3.8) is 0 Å². The molecule has 0 atom stereocenters. The molecule has 3 aromatic carbocycles. The number of H-pyrrole nitrogens is 1. The lowest BCUT2D eigenvalue weighted by molar-refractivity contribution is 0.414. The van der Waals surface area contributed by atoms with Crippen LogP contribution in [0.3, 0.4) is 0 Å². The summed E-state index contributed by atoms with van der Waals surface area (Å²) in [5.74, 6) is 2.13. The van der Waals surface area contributed by atoms with E-state index in [1.807, 2.05) is 77.5 Å². The highest BCUT2D eigenvalue weighted by Gasteiger charge is 2.18. The van der Waals surface area contributed by atoms with Crippen LogP contribution in [0, 0.1) is 4.77 Å². The van der Waals surface area contributed by atoms with Crippen LogP contribution in [0.15, 0.2) is 90.0 Å². The molecular weight excluding hydrogens is 472 g/mol. The summed E-state index contributed by atoms with van der Waals surface area (Å²) in [5, 5.41) is 16.9. The van der Waals surface area contributed by atoms with Gasteiger partial charge in [-0.3, -0.25) is 4.68 Å². The molecule has 0 saturated carbocycles. The van der Waals surface area contributed by atoms with Crippen LogP contribution in [0.1, 0.15) is 11.1 Å². The molecule has 9 heteroatoms. The second-order valence-electron chi connectivity index (χ2n) is 7.97. The number of nitrogens with one attached hydrogen (secondary N) is 1. The van der Waals surface area contributed by atoms with Crippen LogP contribution in [-0.4, -0.2) is 45.1 Å². The Morgan fingerprint density at radius 3 is 2.25 bits per heavy atom. The van der Waals surface area contributed by atoms with Gasteiger partial charge in [0.2, 0.25) is 10.6 Å². The fraction of sp³-hybridized carbons (Fsp3) is 0.111. The van der Waals surface area contributed by atoms with E-state index >= 15 is 0 Å². The standard InChI is InChI=1S/C27H24N6O2S/c1-34-22-12-8-19(9-13-22)17-28-33-26(29-30-27(33)36)25-16-24(21-10-14-23(35-2)15-11-21)31-32(25)18-20-6-4-3-5-7-20/h3-17H,18H2,1-2H3,(H,30,36)/b28-17+. The molecule has 0 fully saturated rings. The van der Waals surface area contributed by atoms with E-state index in [0.29, 0.717) is 17.1 Å². The molecule has 0 bridgehead atoms.